The van der Waals surface area contributed by atoms with Gasteiger partial charge in [0, 0.05) is 13.2 Å². The molecule has 0 aliphatic carbocycles. The minimum atomic E-state index is -0.603. The van der Waals surface area contributed by atoms with Crippen LogP contribution < -0.4 is 5.32 Å². The van der Waals surface area contributed by atoms with Crippen LogP contribution in [0, 0.1) is 0 Å². The van der Waals surface area contributed by atoms with Crippen LogP contribution in [-0.2, 0) is 27.4 Å². The van der Waals surface area contributed by atoms with Crippen molar-refractivity contribution in [1.82, 2.24) is 20.3 Å². The molecule has 0 bridgehead atoms. The van der Waals surface area contributed by atoms with Crippen molar-refractivity contribution in [3.8, 4) is 0 Å². The zero-order valence-electron chi connectivity index (χ0n) is 12.9. The summed E-state index contributed by atoms with van der Waals surface area (Å²) in [5.74, 6) is -0.781. The Morgan fingerprint density at radius 1 is 1.29 bits per heavy atom. The highest BCUT2D eigenvalue weighted by atomic mass is 16.5. The van der Waals surface area contributed by atoms with E-state index in [4.69, 9.17) is 4.74 Å². The maximum atomic E-state index is 12.0. The summed E-state index contributed by atoms with van der Waals surface area (Å²) in [4.78, 5) is 23.6. The van der Waals surface area contributed by atoms with Crippen molar-refractivity contribution in [3.05, 3.63) is 11.4 Å². The van der Waals surface area contributed by atoms with Crippen molar-refractivity contribution in [1.29, 1.82) is 0 Å². The molecule has 0 aliphatic heterocycles. The number of methoxy groups -OCH3 is 2. The minimum absolute atomic E-state index is 0.0147. The van der Waals surface area contributed by atoms with Crippen LogP contribution in [0.15, 0.2) is 0 Å². The van der Waals surface area contributed by atoms with E-state index in [1.165, 1.54) is 18.9 Å². The molecule has 1 heterocycles. The quantitative estimate of drug-likeness (QED) is 0.703. The third-order valence-corrected chi connectivity index (χ3v) is 3.14. The standard InChI is InChI=1S/C13H22N4O4/c1-5-9(6-2)14-11(18)7-17-10(8-20-3)12(15-16-17)13(19)21-4/h9H,5-8H2,1-4H3,(H,14,18). The zero-order valence-corrected chi connectivity index (χ0v) is 12.9. The molecule has 1 rings (SSSR count). The first-order valence-corrected chi connectivity index (χ1v) is 6.86. The van der Waals surface area contributed by atoms with Crippen molar-refractivity contribution >= 4 is 11.9 Å². The Bertz CT molecular complexity index is 483. The zero-order chi connectivity index (χ0) is 15.8. The number of carbonyl (C=O) groups excluding carboxylic acids is 2. The molecule has 0 fully saturated rings. The summed E-state index contributed by atoms with van der Waals surface area (Å²) in [7, 11) is 2.75. The third kappa shape index (κ3) is 4.52. The Balaban J connectivity index is 2.85. The molecule has 0 saturated carbocycles. The van der Waals surface area contributed by atoms with Crippen LogP contribution >= 0.6 is 0 Å². The molecule has 1 aromatic heterocycles. The van der Waals surface area contributed by atoms with Gasteiger partial charge in [0.05, 0.1) is 19.4 Å². The van der Waals surface area contributed by atoms with Gasteiger partial charge in [0.1, 0.15) is 6.54 Å². The molecule has 21 heavy (non-hydrogen) atoms. The number of nitrogens with zero attached hydrogens (tertiary/aromatic N) is 3. The molecular weight excluding hydrogens is 276 g/mol. The normalized spacial score (nSPS) is 10.7. The van der Waals surface area contributed by atoms with Crippen molar-refractivity contribution in [3.63, 3.8) is 0 Å². The van der Waals surface area contributed by atoms with Crippen molar-refractivity contribution in [2.45, 2.75) is 45.9 Å². The lowest BCUT2D eigenvalue weighted by molar-refractivity contribution is -0.122. The summed E-state index contributed by atoms with van der Waals surface area (Å²) in [5.41, 5.74) is 0.485. The van der Waals surface area contributed by atoms with Gasteiger partial charge in [0.2, 0.25) is 5.91 Å². The molecule has 8 heteroatoms. The lowest BCUT2D eigenvalue weighted by Crippen LogP contribution is -2.36. The van der Waals surface area contributed by atoms with Crippen molar-refractivity contribution in [2.24, 2.45) is 0 Å². The SMILES string of the molecule is CCC(CC)NC(=O)Cn1nnc(C(=O)OC)c1COC. The van der Waals surface area contributed by atoms with E-state index in [0.717, 1.165) is 12.8 Å². The summed E-state index contributed by atoms with van der Waals surface area (Å²) < 4.78 is 11.0. The Kier molecular flexibility index (Phi) is 6.80. The first-order chi connectivity index (χ1) is 10.1. The summed E-state index contributed by atoms with van der Waals surface area (Å²) >= 11 is 0. The van der Waals surface area contributed by atoms with Gasteiger partial charge < -0.3 is 14.8 Å². The lowest BCUT2D eigenvalue weighted by atomic mass is 10.2. The topological polar surface area (TPSA) is 95.3 Å². The van der Waals surface area contributed by atoms with Crippen LogP contribution in [0.3, 0.4) is 0 Å². The molecule has 0 aliphatic rings. The number of esters is 1. The van der Waals surface area contributed by atoms with Gasteiger partial charge in [-0.15, -0.1) is 5.10 Å². The number of rotatable bonds is 8. The molecule has 0 saturated heterocycles. The predicted octanol–water partition coefficient (Wildman–Crippen LogP) is 0.516. The fraction of sp³-hybridized carbons (Fsp3) is 0.692. The first kappa shape index (κ1) is 17.1. The number of carbonyl (C=O) groups is 2. The number of ether oxygens (including phenoxy) is 2. The van der Waals surface area contributed by atoms with Crippen LogP contribution in [0.4, 0.5) is 0 Å². The van der Waals surface area contributed by atoms with Crippen LogP contribution in [0.5, 0.6) is 0 Å². The second kappa shape index (κ2) is 8.35. The van der Waals surface area contributed by atoms with E-state index in [9.17, 15) is 9.59 Å². The first-order valence-electron chi connectivity index (χ1n) is 6.86. The van der Waals surface area contributed by atoms with Gasteiger partial charge in [-0.05, 0) is 12.8 Å². The third-order valence-electron chi connectivity index (χ3n) is 3.14. The highest BCUT2D eigenvalue weighted by Gasteiger charge is 2.21. The number of hydrogen-bond acceptors (Lipinski definition) is 6. The monoisotopic (exact) mass is 298 g/mol. The molecular formula is C13H22N4O4. The Morgan fingerprint density at radius 3 is 2.48 bits per heavy atom. The molecule has 118 valence electrons. The second-order valence-electron chi connectivity index (χ2n) is 4.55. The number of amides is 1. The van der Waals surface area contributed by atoms with E-state index in [1.54, 1.807) is 0 Å². The lowest BCUT2D eigenvalue weighted by Gasteiger charge is -2.15. The fourth-order valence-corrected chi connectivity index (χ4v) is 1.90. The summed E-state index contributed by atoms with van der Waals surface area (Å²) in [5, 5.41) is 10.5. The van der Waals surface area contributed by atoms with Gasteiger partial charge in [-0.2, -0.15) is 0 Å². The van der Waals surface area contributed by atoms with E-state index < -0.39 is 5.97 Å². The minimum Gasteiger partial charge on any atom is -0.464 e. The van der Waals surface area contributed by atoms with Crippen LogP contribution in [0.1, 0.15) is 42.9 Å². The Labute approximate surface area is 123 Å². The number of aromatic nitrogens is 3. The van der Waals surface area contributed by atoms with Gasteiger partial charge in [-0.25, -0.2) is 9.48 Å². The molecule has 0 radical (unpaired) electrons. The van der Waals surface area contributed by atoms with Crippen LogP contribution in [0.25, 0.3) is 0 Å². The molecule has 1 N–H and O–H groups in total. The van der Waals surface area contributed by atoms with Crippen LogP contribution in [0.2, 0.25) is 0 Å². The molecule has 0 unspecified atom stereocenters. The molecule has 0 spiro atoms. The smallest absolute Gasteiger partial charge is 0.360 e. The van der Waals surface area contributed by atoms with E-state index in [1.807, 2.05) is 13.8 Å². The molecule has 8 nitrogen and oxygen atoms in total. The van der Waals surface area contributed by atoms with E-state index >= 15 is 0 Å². The average Bonchev–Trinajstić information content (AvgIpc) is 2.87. The summed E-state index contributed by atoms with van der Waals surface area (Å²) in [6.07, 6.45) is 1.72. The largest absolute Gasteiger partial charge is 0.464 e. The van der Waals surface area contributed by atoms with Gasteiger partial charge in [-0.1, -0.05) is 19.1 Å². The maximum absolute atomic E-state index is 12.0. The van der Waals surface area contributed by atoms with Gasteiger partial charge in [0.25, 0.3) is 0 Å². The van der Waals surface area contributed by atoms with E-state index in [-0.39, 0.29) is 30.8 Å². The number of nitrogens with one attached hydrogen (secondary N) is 1. The van der Waals surface area contributed by atoms with Gasteiger partial charge in [0.15, 0.2) is 5.69 Å². The Morgan fingerprint density at radius 2 is 1.95 bits per heavy atom. The van der Waals surface area contributed by atoms with Crippen LogP contribution in [-0.4, -0.2) is 47.1 Å². The van der Waals surface area contributed by atoms with Crippen molar-refractivity contribution < 1.29 is 19.1 Å². The molecule has 0 atom stereocenters. The molecule has 0 aromatic carbocycles. The second-order valence-corrected chi connectivity index (χ2v) is 4.55. The Hall–Kier alpha value is -1.96. The van der Waals surface area contributed by atoms with E-state index in [2.05, 4.69) is 20.4 Å². The summed E-state index contributed by atoms with van der Waals surface area (Å²) in [6, 6.07) is 0.131. The molecule has 1 amide bonds. The van der Waals surface area contributed by atoms with Gasteiger partial charge >= 0.3 is 5.97 Å². The fourth-order valence-electron chi connectivity index (χ4n) is 1.90. The number of hydrogen-bond donors (Lipinski definition) is 1. The highest BCUT2D eigenvalue weighted by Crippen LogP contribution is 2.08. The molecule has 1 aromatic rings. The predicted molar refractivity (Wildman–Crippen MR) is 74.6 cm³/mol. The summed E-state index contributed by atoms with van der Waals surface area (Å²) in [6.45, 7) is 4.13. The average molecular weight is 298 g/mol. The van der Waals surface area contributed by atoms with Crippen molar-refractivity contribution in [2.75, 3.05) is 14.2 Å². The maximum Gasteiger partial charge on any atom is 0.360 e. The van der Waals surface area contributed by atoms with E-state index in [0.29, 0.717) is 5.69 Å². The van der Waals surface area contributed by atoms with Gasteiger partial charge in [-0.3, -0.25) is 4.79 Å². The highest BCUT2D eigenvalue weighted by molar-refractivity contribution is 5.88.